The van der Waals surface area contributed by atoms with Crippen LogP contribution in [0.15, 0.2) is 36.4 Å². The monoisotopic (exact) mass is 243 g/mol. The number of aryl methyl sites for hydroxylation is 1. The van der Waals surface area contributed by atoms with Crippen molar-refractivity contribution < 1.29 is 0 Å². The van der Waals surface area contributed by atoms with Crippen LogP contribution in [0.25, 0.3) is 6.08 Å². The summed E-state index contributed by atoms with van der Waals surface area (Å²) in [5, 5.41) is 14.7. The van der Waals surface area contributed by atoms with Crippen LogP contribution < -0.4 is 5.32 Å². The summed E-state index contributed by atoms with van der Waals surface area (Å²) in [5.74, 6) is 0.717. The largest absolute Gasteiger partial charge is 0.350 e. The van der Waals surface area contributed by atoms with Gasteiger partial charge in [0.05, 0.1) is 0 Å². The van der Waals surface area contributed by atoms with Crippen LogP contribution in [0, 0.1) is 0 Å². The van der Waals surface area contributed by atoms with E-state index in [2.05, 4.69) is 52.1 Å². The minimum absolute atomic E-state index is 0.707. The van der Waals surface area contributed by atoms with Crippen LogP contribution >= 0.6 is 0 Å². The van der Waals surface area contributed by atoms with E-state index >= 15 is 0 Å². The molecule has 0 fully saturated rings. The normalized spacial score (nSPS) is 10.9. The van der Waals surface area contributed by atoms with E-state index in [1.165, 1.54) is 5.56 Å². The molecule has 1 heterocycles. The van der Waals surface area contributed by atoms with Crippen molar-refractivity contribution in [1.29, 1.82) is 0 Å². The highest BCUT2D eigenvalue weighted by Crippen LogP contribution is 2.02. The fraction of sp³-hybridized carbons (Fsp3) is 0.308. The van der Waals surface area contributed by atoms with Crippen molar-refractivity contribution >= 4 is 12.0 Å². The molecule has 0 saturated carbocycles. The molecule has 1 aromatic heterocycles. The van der Waals surface area contributed by atoms with Gasteiger partial charge in [-0.3, -0.25) is 0 Å². The lowest BCUT2D eigenvalue weighted by Gasteiger charge is -2.02. The first-order valence-corrected chi connectivity index (χ1v) is 6.12. The molecule has 0 aliphatic carbocycles. The maximum Gasteiger partial charge on any atom is 0.243 e. The molecule has 1 N–H and O–H groups in total. The molecule has 0 aliphatic heterocycles. The molecule has 0 unspecified atom stereocenters. The molecular weight excluding hydrogens is 226 g/mol. The summed E-state index contributed by atoms with van der Waals surface area (Å²) in [6.45, 7) is 3.64. The van der Waals surface area contributed by atoms with E-state index in [0.29, 0.717) is 6.54 Å². The number of anilines is 1. The average molecular weight is 243 g/mol. The lowest BCUT2D eigenvalue weighted by Crippen LogP contribution is -2.08. The van der Waals surface area contributed by atoms with Gasteiger partial charge in [-0.05, 0) is 22.4 Å². The highest BCUT2D eigenvalue weighted by molar-refractivity contribution is 5.49. The molecule has 0 atom stereocenters. The summed E-state index contributed by atoms with van der Waals surface area (Å²) in [6.07, 6.45) is 5.14. The first-order valence-electron chi connectivity index (χ1n) is 6.12. The quantitative estimate of drug-likeness (QED) is 0.845. The van der Waals surface area contributed by atoms with Crippen molar-refractivity contribution in [2.75, 3.05) is 11.9 Å². The van der Waals surface area contributed by atoms with Gasteiger partial charge in [-0.15, -0.1) is 0 Å². The van der Waals surface area contributed by atoms with Crippen molar-refractivity contribution in [2.45, 2.75) is 19.9 Å². The fourth-order valence-electron chi connectivity index (χ4n) is 1.60. The molecule has 5 heteroatoms. The molecule has 1 aromatic carbocycles. The first-order chi connectivity index (χ1) is 8.90. The van der Waals surface area contributed by atoms with Crippen LogP contribution in [0.2, 0.25) is 0 Å². The summed E-state index contributed by atoms with van der Waals surface area (Å²) >= 11 is 0. The van der Waals surface area contributed by atoms with Crippen LogP contribution in [-0.2, 0) is 6.54 Å². The predicted molar refractivity (Wildman–Crippen MR) is 72.1 cm³/mol. The number of aromatic nitrogens is 4. The zero-order chi connectivity index (χ0) is 12.6. The topological polar surface area (TPSA) is 55.6 Å². The molecule has 2 rings (SSSR count). The molecule has 2 aromatic rings. The smallest absolute Gasteiger partial charge is 0.243 e. The minimum Gasteiger partial charge on any atom is -0.350 e. The Balaban J connectivity index is 1.85. The predicted octanol–water partition coefficient (Wildman–Crippen LogP) is 2.21. The second kappa shape index (κ2) is 6.54. The van der Waals surface area contributed by atoms with E-state index in [1.807, 2.05) is 18.2 Å². The molecule has 0 amide bonds. The van der Waals surface area contributed by atoms with Gasteiger partial charge < -0.3 is 5.32 Å². The number of hydrogen-bond donors (Lipinski definition) is 1. The number of nitrogens with zero attached hydrogens (tertiary/aromatic N) is 4. The zero-order valence-electron chi connectivity index (χ0n) is 10.5. The third-order valence-electron chi connectivity index (χ3n) is 2.46. The number of hydrogen-bond acceptors (Lipinski definition) is 4. The van der Waals surface area contributed by atoms with E-state index in [1.54, 1.807) is 4.68 Å². The molecule has 0 radical (unpaired) electrons. The summed E-state index contributed by atoms with van der Waals surface area (Å²) in [5.41, 5.74) is 1.19. The van der Waals surface area contributed by atoms with Gasteiger partial charge in [-0.2, -0.15) is 0 Å². The van der Waals surface area contributed by atoms with Gasteiger partial charge in [-0.1, -0.05) is 54.5 Å². The summed E-state index contributed by atoms with van der Waals surface area (Å²) in [4.78, 5) is 0. The van der Waals surface area contributed by atoms with Gasteiger partial charge in [0.25, 0.3) is 0 Å². The summed E-state index contributed by atoms with van der Waals surface area (Å²) in [7, 11) is 0. The molecule has 0 saturated heterocycles. The molecule has 5 nitrogen and oxygen atoms in total. The third-order valence-corrected chi connectivity index (χ3v) is 2.46. The maximum absolute atomic E-state index is 3.94. The average Bonchev–Trinajstić information content (AvgIpc) is 2.84. The zero-order valence-corrected chi connectivity index (χ0v) is 10.5. The van der Waals surface area contributed by atoms with Crippen LogP contribution in [0.3, 0.4) is 0 Å². The van der Waals surface area contributed by atoms with Crippen LogP contribution in [0.5, 0.6) is 0 Å². The SMILES string of the molecule is CCCn1nnnc1NC/C=C/c1ccccc1. The number of nitrogens with one attached hydrogen (secondary N) is 1. The third kappa shape index (κ3) is 3.41. The summed E-state index contributed by atoms with van der Waals surface area (Å²) < 4.78 is 1.77. The van der Waals surface area contributed by atoms with E-state index in [-0.39, 0.29) is 0 Å². The van der Waals surface area contributed by atoms with E-state index in [4.69, 9.17) is 0 Å². The van der Waals surface area contributed by atoms with Gasteiger partial charge in [0, 0.05) is 13.1 Å². The van der Waals surface area contributed by atoms with Gasteiger partial charge in [0.1, 0.15) is 0 Å². The molecule has 18 heavy (non-hydrogen) atoms. The fourth-order valence-corrected chi connectivity index (χ4v) is 1.60. The maximum atomic E-state index is 3.94. The Morgan fingerprint density at radius 1 is 1.28 bits per heavy atom. The standard InChI is InChI=1S/C13H17N5/c1-2-11-18-13(15-16-17-18)14-10-6-9-12-7-4-3-5-8-12/h3-9H,2,10-11H2,1H3,(H,14,15,17)/b9-6+. The van der Waals surface area contributed by atoms with Crippen molar-refractivity contribution in [2.24, 2.45) is 0 Å². The molecule has 0 aliphatic rings. The highest BCUT2D eigenvalue weighted by Gasteiger charge is 2.01. The minimum atomic E-state index is 0.707. The van der Waals surface area contributed by atoms with Crippen LogP contribution in [-0.4, -0.2) is 26.8 Å². The van der Waals surface area contributed by atoms with Crippen LogP contribution in [0.4, 0.5) is 5.95 Å². The second-order valence-electron chi connectivity index (χ2n) is 3.92. The van der Waals surface area contributed by atoms with Crippen molar-refractivity contribution in [3.63, 3.8) is 0 Å². The Kier molecular flexibility index (Phi) is 4.46. The number of benzene rings is 1. The lowest BCUT2D eigenvalue weighted by atomic mass is 10.2. The Bertz CT molecular complexity index is 489. The Morgan fingerprint density at radius 3 is 2.89 bits per heavy atom. The van der Waals surface area contributed by atoms with Gasteiger partial charge in [0.15, 0.2) is 0 Å². The van der Waals surface area contributed by atoms with Crippen molar-refractivity contribution in [3.8, 4) is 0 Å². The van der Waals surface area contributed by atoms with E-state index < -0.39 is 0 Å². The second-order valence-corrected chi connectivity index (χ2v) is 3.92. The first kappa shape index (κ1) is 12.3. The number of rotatable bonds is 6. The van der Waals surface area contributed by atoms with Crippen molar-refractivity contribution in [3.05, 3.63) is 42.0 Å². The lowest BCUT2D eigenvalue weighted by molar-refractivity contribution is 0.583. The molecule has 0 bridgehead atoms. The van der Waals surface area contributed by atoms with Gasteiger partial charge in [-0.25, -0.2) is 4.68 Å². The Morgan fingerprint density at radius 2 is 2.11 bits per heavy atom. The Labute approximate surface area is 107 Å². The van der Waals surface area contributed by atoms with Crippen LogP contribution in [0.1, 0.15) is 18.9 Å². The van der Waals surface area contributed by atoms with E-state index in [0.717, 1.165) is 18.9 Å². The van der Waals surface area contributed by atoms with Gasteiger partial charge in [0.2, 0.25) is 5.95 Å². The Hall–Kier alpha value is -2.17. The van der Waals surface area contributed by atoms with E-state index in [9.17, 15) is 0 Å². The summed E-state index contributed by atoms with van der Waals surface area (Å²) in [6, 6.07) is 10.2. The number of tetrazole rings is 1. The molecular formula is C13H17N5. The highest BCUT2D eigenvalue weighted by atomic mass is 15.6. The van der Waals surface area contributed by atoms with Gasteiger partial charge >= 0.3 is 0 Å². The molecule has 0 spiro atoms. The molecule has 94 valence electrons. The van der Waals surface area contributed by atoms with Crippen molar-refractivity contribution in [1.82, 2.24) is 20.2 Å².